The van der Waals surface area contributed by atoms with Crippen LogP contribution in [0.1, 0.15) is 41.6 Å². The van der Waals surface area contributed by atoms with Gasteiger partial charge in [-0.3, -0.25) is 4.79 Å². The fourth-order valence-electron chi connectivity index (χ4n) is 2.60. The normalized spacial score (nSPS) is 20.0. The molecule has 1 fully saturated rings. The molecule has 21 heavy (non-hydrogen) atoms. The van der Waals surface area contributed by atoms with E-state index < -0.39 is 17.9 Å². The molecule has 2 heterocycles. The van der Waals surface area contributed by atoms with Gasteiger partial charge in [0.15, 0.2) is 5.76 Å². The van der Waals surface area contributed by atoms with Crippen LogP contribution in [0.5, 0.6) is 0 Å². The lowest BCUT2D eigenvalue weighted by molar-refractivity contribution is -0.142. The molecule has 2 N–H and O–H groups in total. The Labute approximate surface area is 123 Å². The van der Waals surface area contributed by atoms with Crippen molar-refractivity contribution < 1.29 is 23.8 Å². The van der Waals surface area contributed by atoms with E-state index in [-0.39, 0.29) is 11.7 Å². The minimum Gasteiger partial charge on any atom is -0.480 e. The van der Waals surface area contributed by atoms with Crippen molar-refractivity contribution >= 4 is 11.9 Å². The van der Waals surface area contributed by atoms with Gasteiger partial charge in [-0.05, 0) is 31.4 Å². The van der Waals surface area contributed by atoms with Crippen LogP contribution < -0.4 is 5.32 Å². The first-order chi connectivity index (χ1) is 10.0. The van der Waals surface area contributed by atoms with E-state index in [9.17, 15) is 14.7 Å². The van der Waals surface area contributed by atoms with E-state index in [4.69, 9.17) is 9.15 Å². The van der Waals surface area contributed by atoms with Gasteiger partial charge < -0.3 is 19.6 Å². The maximum absolute atomic E-state index is 12.2. The zero-order valence-electron chi connectivity index (χ0n) is 12.3. The van der Waals surface area contributed by atoms with Gasteiger partial charge in [0.25, 0.3) is 5.91 Å². The third-order valence-corrected chi connectivity index (χ3v) is 3.79. The van der Waals surface area contributed by atoms with Gasteiger partial charge in [0.1, 0.15) is 11.8 Å². The molecule has 0 bridgehead atoms. The molecular formula is C15H21NO5. The van der Waals surface area contributed by atoms with Crippen molar-refractivity contribution in [3.05, 3.63) is 23.2 Å². The highest BCUT2D eigenvalue weighted by Crippen LogP contribution is 2.19. The summed E-state index contributed by atoms with van der Waals surface area (Å²) < 4.78 is 10.8. The van der Waals surface area contributed by atoms with E-state index in [2.05, 4.69) is 5.32 Å². The molecule has 0 radical (unpaired) electrons. The number of amides is 1. The van der Waals surface area contributed by atoms with Crippen LogP contribution in [-0.4, -0.2) is 36.2 Å². The molecule has 1 aliphatic rings. The van der Waals surface area contributed by atoms with Crippen molar-refractivity contribution in [3.8, 4) is 0 Å². The minimum absolute atomic E-state index is 0.160. The van der Waals surface area contributed by atoms with Crippen LogP contribution >= 0.6 is 0 Å². The van der Waals surface area contributed by atoms with Crippen LogP contribution in [0.15, 0.2) is 10.5 Å². The Morgan fingerprint density at radius 2 is 2.29 bits per heavy atom. The molecule has 1 saturated heterocycles. The van der Waals surface area contributed by atoms with Gasteiger partial charge in [0, 0.05) is 18.9 Å². The second-order valence-electron chi connectivity index (χ2n) is 5.34. The predicted octanol–water partition coefficient (Wildman–Crippen LogP) is 1.76. The van der Waals surface area contributed by atoms with Crippen LogP contribution in [-0.2, 0) is 16.0 Å². The molecule has 6 heteroatoms. The molecule has 1 aliphatic heterocycles. The molecule has 116 valence electrons. The molecule has 2 rings (SSSR count). The Balaban J connectivity index is 2.08. The van der Waals surface area contributed by atoms with Crippen molar-refractivity contribution in [1.29, 1.82) is 0 Å². The summed E-state index contributed by atoms with van der Waals surface area (Å²) >= 11 is 0. The highest BCUT2D eigenvalue weighted by Gasteiger charge is 2.32. The van der Waals surface area contributed by atoms with Gasteiger partial charge in [-0.1, -0.05) is 6.92 Å². The first-order valence-electron chi connectivity index (χ1n) is 7.23. The van der Waals surface area contributed by atoms with Crippen LogP contribution in [0.2, 0.25) is 0 Å². The van der Waals surface area contributed by atoms with E-state index in [1.807, 2.05) is 13.8 Å². The zero-order valence-corrected chi connectivity index (χ0v) is 12.3. The number of aryl methyl sites for hydroxylation is 2. The number of rotatable bonds is 5. The number of carboxylic acids is 1. The average Bonchev–Trinajstić information content (AvgIpc) is 2.86. The number of hydrogen-bond acceptors (Lipinski definition) is 4. The van der Waals surface area contributed by atoms with Crippen LogP contribution in [0, 0.1) is 12.8 Å². The SMILES string of the molecule is CCc1oc(C(=O)NC(C(=O)O)C2CCCOC2)cc1C. The fraction of sp³-hybridized carbons (Fsp3) is 0.600. The van der Waals surface area contributed by atoms with E-state index in [0.717, 1.165) is 24.2 Å². The average molecular weight is 295 g/mol. The van der Waals surface area contributed by atoms with Gasteiger partial charge in [-0.25, -0.2) is 4.79 Å². The predicted molar refractivity (Wildman–Crippen MR) is 75.3 cm³/mol. The fourth-order valence-corrected chi connectivity index (χ4v) is 2.60. The summed E-state index contributed by atoms with van der Waals surface area (Å²) in [5, 5.41) is 11.9. The van der Waals surface area contributed by atoms with E-state index in [1.54, 1.807) is 6.07 Å². The molecule has 6 nitrogen and oxygen atoms in total. The Morgan fingerprint density at radius 1 is 1.52 bits per heavy atom. The second-order valence-corrected chi connectivity index (χ2v) is 5.34. The van der Waals surface area contributed by atoms with E-state index >= 15 is 0 Å². The van der Waals surface area contributed by atoms with E-state index in [1.165, 1.54) is 0 Å². The summed E-state index contributed by atoms with van der Waals surface area (Å²) in [5.74, 6) is -0.837. The third-order valence-electron chi connectivity index (χ3n) is 3.79. The van der Waals surface area contributed by atoms with Crippen molar-refractivity contribution in [3.63, 3.8) is 0 Å². The molecule has 0 aliphatic carbocycles. The lowest BCUT2D eigenvalue weighted by Crippen LogP contribution is -2.48. The minimum atomic E-state index is -1.04. The molecule has 2 atom stereocenters. The van der Waals surface area contributed by atoms with Crippen molar-refractivity contribution in [2.45, 2.75) is 39.2 Å². The Hall–Kier alpha value is -1.82. The first-order valence-corrected chi connectivity index (χ1v) is 7.23. The van der Waals surface area contributed by atoms with Crippen molar-refractivity contribution in [2.75, 3.05) is 13.2 Å². The van der Waals surface area contributed by atoms with E-state index in [0.29, 0.717) is 19.6 Å². The number of carbonyl (C=O) groups is 2. The van der Waals surface area contributed by atoms with Gasteiger partial charge in [0.05, 0.1) is 6.61 Å². The summed E-state index contributed by atoms with van der Waals surface area (Å²) in [6.45, 7) is 4.80. The number of nitrogens with one attached hydrogen (secondary N) is 1. The number of furan rings is 1. The Morgan fingerprint density at radius 3 is 2.81 bits per heavy atom. The largest absolute Gasteiger partial charge is 0.480 e. The first kappa shape index (κ1) is 15.6. The van der Waals surface area contributed by atoms with Crippen LogP contribution in [0.25, 0.3) is 0 Å². The van der Waals surface area contributed by atoms with Crippen molar-refractivity contribution in [2.24, 2.45) is 5.92 Å². The molecule has 1 aromatic heterocycles. The highest BCUT2D eigenvalue weighted by atomic mass is 16.5. The van der Waals surface area contributed by atoms with Crippen molar-refractivity contribution in [1.82, 2.24) is 5.32 Å². The number of hydrogen-bond donors (Lipinski definition) is 2. The quantitative estimate of drug-likeness (QED) is 0.864. The molecular weight excluding hydrogens is 274 g/mol. The summed E-state index contributed by atoms with van der Waals surface area (Å²) in [4.78, 5) is 23.6. The van der Waals surface area contributed by atoms with Gasteiger partial charge >= 0.3 is 5.97 Å². The Kier molecular flexibility index (Phi) is 5.01. The summed E-state index contributed by atoms with van der Waals surface area (Å²) in [6, 6.07) is 0.693. The molecule has 0 saturated carbocycles. The Bertz CT molecular complexity index is 516. The lowest BCUT2D eigenvalue weighted by Gasteiger charge is -2.27. The standard InChI is InChI=1S/C15H21NO5/c1-3-11-9(2)7-12(21-11)14(17)16-13(15(18)19)10-5-4-6-20-8-10/h7,10,13H,3-6,8H2,1-2H3,(H,16,17)(H,18,19). The number of carboxylic acid groups (broad SMARTS) is 1. The van der Waals surface area contributed by atoms with Crippen LogP contribution in [0.4, 0.5) is 0 Å². The number of carbonyl (C=O) groups excluding carboxylic acids is 1. The van der Waals surface area contributed by atoms with Gasteiger partial charge in [0.2, 0.25) is 0 Å². The molecule has 0 spiro atoms. The highest BCUT2D eigenvalue weighted by molar-refractivity contribution is 5.94. The van der Waals surface area contributed by atoms with Gasteiger partial charge in [-0.15, -0.1) is 0 Å². The van der Waals surface area contributed by atoms with Gasteiger partial charge in [-0.2, -0.15) is 0 Å². The van der Waals surface area contributed by atoms with Crippen LogP contribution in [0.3, 0.4) is 0 Å². The molecule has 0 aromatic carbocycles. The molecule has 1 amide bonds. The lowest BCUT2D eigenvalue weighted by atomic mass is 9.93. The smallest absolute Gasteiger partial charge is 0.326 e. The summed E-state index contributed by atoms with van der Waals surface area (Å²) in [7, 11) is 0. The summed E-state index contributed by atoms with van der Waals surface area (Å²) in [6.07, 6.45) is 2.23. The monoisotopic (exact) mass is 295 g/mol. The zero-order chi connectivity index (χ0) is 15.4. The number of ether oxygens (including phenoxy) is 1. The number of aliphatic carboxylic acids is 1. The second kappa shape index (κ2) is 6.76. The molecule has 1 aromatic rings. The summed E-state index contributed by atoms with van der Waals surface area (Å²) in [5.41, 5.74) is 0.899. The maximum atomic E-state index is 12.2. The third kappa shape index (κ3) is 3.64. The topological polar surface area (TPSA) is 88.8 Å². The molecule has 2 unspecified atom stereocenters. The maximum Gasteiger partial charge on any atom is 0.326 e.